The van der Waals surface area contributed by atoms with Gasteiger partial charge in [0.15, 0.2) is 17.5 Å². The number of nitrogens with zero attached hydrogens (tertiary/aromatic N) is 2. The smallest absolute Gasteiger partial charge is 0.387 e. The summed E-state index contributed by atoms with van der Waals surface area (Å²) in [6.07, 6.45) is 3.29. The van der Waals surface area contributed by atoms with Crippen molar-refractivity contribution in [3.63, 3.8) is 0 Å². The molecule has 0 unspecified atom stereocenters. The number of alkyl halides is 2. The predicted octanol–water partition coefficient (Wildman–Crippen LogP) is 3.40. The lowest BCUT2D eigenvalue weighted by molar-refractivity contribution is -0.0512. The Morgan fingerprint density at radius 1 is 1.25 bits per heavy atom. The molecule has 0 amide bonds. The Bertz CT molecular complexity index is 768. The minimum Gasteiger partial charge on any atom is -0.493 e. The van der Waals surface area contributed by atoms with E-state index in [1.165, 1.54) is 12.0 Å². The van der Waals surface area contributed by atoms with Gasteiger partial charge in [-0.2, -0.15) is 8.78 Å². The molecule has 154 valence electrons. The maximum atomic E-state index is 12.5. The SMILES string of the molecule is CCNC(=NCCc1ncc(C)s1)NCCc1ccc(OC)c(OC(F)F)c1. The number of aryl methyl sites for hydroxylation is 1. The summed E-state index contributed by atoms with van der Waals surface area (Å²) in [6.45, 7) is 3.12. The fraction of sp³-hybridized carbons (Fsp3) is 0.474. The largest absolute Gasteiger partial charge is 0.493 e. The molecule has 0 fully saturated rings. The number of hydrogen-bond donors (Lipinski definition) is 2. The van der Waals surface area contributed by atoms with Crippen LogP contribution in [0.4, 0.5) is 8.78 Å². The Balaban J connectivity index is 1.88. The van der Waals surface area contributed by atoms with Gasteiger partial charge in [0.05, 0.1) is 12.1 Å². The highest BCUT2D eigenvalue weighted by Gasteiger charge is 2.11. The number of benzene rings is 1. The van der Waals surface area contributed by atoms with E-state index in [9.17, 15) is 8.78 Å². The van der Waals surface area contributed by atoms with Crippen molar-refractivity contribution in [3.05, 3.63) is 39.8 Å². The normalized spacial score (nSPS) is 11.6. The molecule has 0 radical (unpaired) electrons. The van der Waals surface area contributed by atoms with Crippen LogP contribution in [0.3, 0.4) is 0 Å². The summed E-state index contributed by atoms with van der Waals surface area (Å²) < 4.78 is 34.6. The third-order valence-electron chi connectivity index (χ3n) is 3.76. The number of halogens is 2. The second-order valence-corrected chi connectivity index (χ2v) is 7.24. The minimum atomic E-state index is -2.89. The third kappa shape index (κ3) is 7.30. The van der Waals surface area contributed by atoms with Gasteiger partial charge in [-0.25, -0.2) is 4.98 Å². The molecular formula is C19H26F2N4O2S. The Morgan fingerprint density at radius 2 is 2.07 bits per heavy atom. The van der Waals surface area contributed by atoms with Crippen molar-refractivity contribution < 1.29 is 18.3 Å². The zero-order chi connectivity index (χ0) is 20.4. The van der Waals surface area contributed by atoms with E-state index in [2.05, 4.69) is 25.3 Å². The van der Waals surface area contributed by atoms with Crippen molar-refractivity contribution in [2.24, 2.45) is 4.99 Å². The molecule has 1 aromatic carbocycles. The van der Waals surface area contributed by atoms with Crippen molar-refractivity contribution >= 4 is 17.3 Å². The number of nitrogens with one attached hydrogen (secondary N) is 2. The minimum absolute atomic E-state index is 0.0364. The average Bonchev–Trinajstić information content (AvgIpc) is 3.06. The van der Waals surface area contributed by atoms with Gasteiger partial charge >= 0.3 is 6.61 Å². The van der Waals surface area contributed by atoms with E-state index in [-0.39, 0.29) is 11.5 Å². The first kappa shape index (κ1) is 21.9. The molecule has 0 spiro atoms. The van der Waals surface area contributed by atoms with E-state index in [4.69, 9.17) is 4.74 Å². The number of aromatic nitrogens is 1. The fourth-order valence-corrected chi connectivity index (χ4v) is 3.29. The number of guanidine groups is 1. The van der Waals surface area contributed by atoms with Gasteiger partial charge in [0.25, 0.3) is 0 Å². The van der Waals surface area contributed by atoms with Crippen LogP contribution in [0.1, 0.15) is 22.4 Å². The summed E-state index contributed by atoms with van der Waals surface area (Å²) in [7, 11) is 1.42. The Labute approximate surface area is 168 Å². The van der Waals surface area contributed by atoms with Crippen molar-refractivity contribution in [1.82, 2.24) is 15.6 Å². The highest BCUT2D eigenvalue weighted by atomic mass is 32.1. The van der Waals surface area contributed by atoms with Crippen LogP contribution in [0, 0.1) is 6.92 Å². The molecule has 0 aliphatic heterocycles. The first-order chi connectivity index (χ1) is 13.5. The van der Waals surface area contributed by atoms with E-state index >= 15 is 0 Å². The molecular weight excluding hydrogens is 386 g/mol. The molecule has 0 saturated heterocycles. The van der Waals surface area contributed by atoms with E-state index in [1.54, 1.807) is 23.5 Å². The lowest BCUT2D eigenvalue weighted by Crippen LogP contribution is -2.38. The maximum Gasteiger partial charge on any atom is 0.387 e. The average molecular weight is 413 g/mol. The van der Waals surface area contributed by atoms with Gasteiger partial charge in [-0.1, -0.05) is 6.07 Å². The van der Waals surface area contributed by atoms with E-state index in [1.807, 2.05) is 26.1 Å². The van der Waals surface area contributed by atoms with Gasteiger partial charge in [-0.05, 0) is 38.0 Å². The molecule has 0 aliphatic rings. The standard InChI is InChI=1S/C19H26F2N4O2S/c1-4-22-19(24-10-8-17-25-12-13(2)28-17)23-9-7-14-5-6-15(26-3)16(11-14)27-18(20)21/h5-6,11-12,18H,4,7-10H2,1-3H3,(H2,22,23,24). The summed E-state index contributed by atoms with van der Waals surface area (Å²) in [5.74, 6) is 1.03. The molecule has 0 bridgehead atoms. The molecule has 1 aromatic heterocycles. The molecule has 0 atom stereocenters. The summed E-state index contributed by atoms with van der Waals surface area (Å²) in [5.41, 5.74) is 0.859. The van der Waals surface area contributed by atoms with Gasteiger partial charge in [0, 0.05) is 37.1 Å². The monoisotopic (exact) mass is 412 g/mol. The molecule has 6 nitrogen and oxygen atoms in total. The summed E-state index contributed by atoms with van der Waals surface area (Å²) in [4.78, 5) is 10.1. The molecule has 28 heavy (non-hydrogen) atoms. The highest BCUT2D eigenvalue weighted by molar-refractivity contribution is 7.11. The Hall–Kier alpha value is -2.42. The van der Waals surface area contributed by atoms with Crippen LogP contribution in [0.25, 0.3) is 0 Å². The van der Waals surface area contributed by atoms with Crippen LogP contribution >= 0.6 is 11.3 Å². The summed E-state index contributed by atoms with van der Waals surface area (Å²) in [5, 5.41) is 7.52. The second-order valence-electron chi connectivity index (χ2n) is 5.92. The van der Waals surface area contributed by atoms with Crippen LogP contribution in [-0.4, -0.2) is 44.3 Å². The summed E-state index contributed by atoms with van der Waals surface area (Å²) in [6, 6.07) is 5.03. The predicted molar refractivity (Wildman–Crippen MR) is 108 cm³/mol. The van der Waals surface area contributed by atoms with Crippen LogP contribution < -0.4 is 20.1 Å². The van der Waals surface area contributed by atoms with Crippen LogP contribution in [0.5, 0.6) is 11.5 Å². The zero-order valence-electron chi connectivity index (χ0n) is 16.3. The number of methoxy groups -OCH3 is 1. The topological polar surface area (TPSA) is 67.8 Å². The molecule has 2 aromatic rings. The van der Waals surface area contributed by atoms with Gasteiger partial charge in [0.1, 0.15) is 0 Å². The van der Waals surface area contributed by atoms with E-state index in [0.29, 0.717) is 25.5 Å². The molecule has 2 N–H and O–H groups in total. The zero-order valence-corrected chi connectivity index (χ0v) is 17.1. The van der Waals surface area contributed by atoms with E-state index in [0.717, 1.165) is 23.5 Å². The molecule has 2 rings (SSSR count). The van der Waals surface area contributed by atoms with Crippen molar-refractivity contribution in [2.75, 3.05) is 26.7 Å². The fourth-order valence-electron chi connectivity index (χ4n) is 2.51. The number of aliphatic imine (C=N–C) groups is 1. The van der Waals surface area contributed by atoms with Crippen molar-refractivity contribution in [3.8, 4) is 11.5 Å². The molecule has 1 heterocycles. The lowest BCUT2D eigenvalue weighted by atomic mass is 10.1. The first-order valence-electron chi connectivity index (χ1n) is 9.07. The first-order valence-corrected chi connectivity index (χ1v) is 9.88. The second kappa shape index (κ2) is 11.4. The van der Waals surface area contributed by atoms with Crippen LogP contribution in [0.15, 0.2) is 29.4 Å². The Morgan fingerprint density at radius 3 is 2.71 bits per heavy atom. The highest BCUT2D eigenvalue weighted by Crippen LogP contribution is 2.29. The quantitative estimate of drug-likeness (QED) is 0.462. The van der Waals surface area contributed by atoms with E-state index < -0.39 is 6.61 Å². The third-order valence-corrected chi connectivity index (χ3v) is 4.73. The lowest BCUT2D eigenvalue weighted by Gasteiger charge is -2.13. The number of thiazole rings is 1. The molecule has 0 aliphatic carbocycles. The van der Waals surface area contributed by atoms with Crippen LogP contribution in [-0.2, 0) is 12.8 Å². The van der Waals surface area contributed by atoms with Gasteiger partial charge in [-0.3, -0.25) is 4.99 Å². The van der Waals surface area contributed by atoms with Gasteiger partial charge < -0.3 is 20.1 Å². The van der Waals surface area contributed by atoms with Crippen LogP contribution in [0.2, 0.25) is 0 Å². The molecule has 9 heteroatoms. The molecule has 0 saturated carbocycles. The maximum absolute atomic E-state index is 12.5. The number of rotatable bonds is 10. The van der Waals surface area contributed by atoms with Crippen molar-refractivity contribution in [1.29, 1.82) is 0 Å². The number of ether oxygens (including phenoxy) is 2. The van der Waals surface area contributed by atoms with Gasteiger partial charge in [0.2, 0.25) is 0 Å². The van der Waals surface area contributed by atoms with Crippen molar-refractivity contribution in [2.45, 2.75) is 33.3 Å². The number of hydrogen-bond acceptors (Lipinski definition) is 5. The van der Waals surface area contributed by atoms with Gasteiger partial charge in [-0.15, -0.1) is 11.3 Å². The summed E-state index contributed by atoms with van der Waals surface area (Å²) >= 11 is 1.68. The Kier molecular flexibility index (Phi) is 8.93.